The first-order valence-corrected chi connectivity index (χ1v) is 13.5. The van der Waals surface area contributed by atoms with Crippen LogP contribution in [0.1, 0.15) is 62.6 Å². The fourth-order valence-corrected chi connectivity index (χ4v) is 5.36. The second-order valence-corrected chi connectivity index (χ2v) is 9.92. The van der Waals surface area contributed by atoms with E-state index in [0.717, 1.165) is 31.2 Å². The lowest BCUT2D eigenvalue weighted by atomic mass is 9.90. The average Bonchev–Trinajstić information content (AvgIpc) is 3.52. The molecule has 2 aliphatic heterocycles. The minimum Gasteiger partial charge on any atom is -0.494 e. The van der Waals surface area contributed by atoms with Crippen molar-refractivity contribution < 1.29 is 38.0 Å². The highest BCUT2D eigenvalue weighted by molar-refractivity contribution is 5.78. The maximum absolute atomic E-state index is 14.9. The third kappa shape index (κ3) is 6.55. The molecule has 1 fully saturated rings. The Morgan fingerprint density at radius 2 is 1.74 bits per heavy atom. The fraction of sp³-hybridized carbons (Fsp3) is 0.517. The molecule has 2 aliphatic rings. The van der Waals surface area contributed by atoms with Gasteiger partial charge in [-0.1, -0.05) is 38.8 Å². The highest BCUT2D eigenvalue weighted by Crippen LogP contribution is 2.45. The van der Waals surface area contributed by atoms with Crippen molar-refractivity contribution in [3.05, 3.63) is 53.3 Å². The molecule has 39 heavy (non-hydrogen) atoms. The standard InChI is InChI=1S/C29H37FN2O7/c1-4-6-12-31(13-7-5-2)26(33)17-32-16-21(19-8-11-24-25(15-19)38-18-37-24)28(39-29(34)35)27(32)20-9-10-23(36-3)22(30)14-20/h8-11,14-15,21,27-28H,4-7,12-13,16-18H2,1-3H3,(H,34,35)/t21-,27-,28+/m1/s1. The maximum atomic E-state index is 14.9. The summed E-state index contributed by atoms with van der Waals surface area (Å²) in [4.78, 5) is 29.2. The average molecular weight is 545 g/mol. The van der Waals surface area contributed by atoms with Crippen LogP contribution in [-0.2, 0) is 9.53 Å². The highest BCUT2D eigenvalue weighted by Gasteiger charge is 2.47. The van der Waals surface area contributed by atoms with Crippen LogP contribution in [0.4, 0.5) is 9.18 Å². The molecule has 1 amide bonds. The number of methoxy groups -OCH3 is 1. The molecule has 0 spiro atoms. The van der Waals surface area contributed by atoms with Gasteiger partial charge in [0.25, 0.3) is 0 Å². The molecule has 2 aromatic rings. The second-order valence-electron chi connectivity index (χ2n) is 9.92. The number of fused-ring (bicyclic) bond motifs is 1. The van der Waals surface area contributed by atoms with Crippen molar-refractivity contribution in [3.8, 4) is 17.2 Å². The Kier molecular flexibility index (Phi) is 9.50. The van der Waals surface area contributed by atoms with Gasteiger partial charge in [0.2, 0.25) is 12.7 Å². The highest BCUT2D eigenvalue weighted by atomic mass is 19.1. The van der Waals surface area contributed by atoms with Gasteiger partial charge in [0.15, 0.2) is 23.1 Å². The zero-order valence-electron chi connectivity index (χ0n) is 22.7. The number of carbonyl (C=O) groups is 2. The number of halogens is 1. The molecule has 0 saturated carbocycles. The Hall–Kier alpha value is -3.53. The van der Waals surface area contributed by atoms with E-state index in [2.05, 4.69) is 13.8 Å². The van der Waals surface area contributed by atoms with Gasteiger partial charge >= 0.3 is 6.16 Å². The number of hydrogen-bond donors (Lipinski definition) is 1. The van der Waals surface area contributed by atoms with Gasteiger partial charge in [-0.25, -0.2) is 9.18 Å². The molecule has 10 heteroatoms. The van der Waals surface area contributed by atoms with Crippen molar-refractivity contribution in [3.63, 3.8) is 0 Å². The Morgan fingerprint density at radius 3 is 2.38 bits per heavy atom. The molecule has 3 atom stereocenters. The van der Waals surface area contributed by atoms with E-state index in [0.29, 0.717) is 36.7 Å². The largest absolute Gasteiger partial charge is 0.506 e. The number of carbonyl (C=O) groups excluding carboxylic acids is 1. The predicted molar refractivity (Wildman–Crippen MR) is 142 cm³/mol. The minimum absolute atomic E-state index is 0.0451. The quantitative estimate of drug-likeness (QED) is 0.365. The maximum Gasteiger partial charge on any atom is 0.506 e. The van der Waals surface area contributed by atoms with Gasteiger partial charge in [-0.3, -0.25) is 9.69 Å². The minimum atomic E-state index is -1.44. The van der Waals surface area contributed by atoms with Gasteiger partial charge in [-0.05, 0) is 48.2 Å². The van der Waals surface area contributed by atoms with Crippen LogP contribution in [0.3, 0.4) is 0 Å². The van der Waals surface area contributed by atoms with E-state index in [-0.39, 0.29) is 25.0 Å². The number of amides is 1. The van der Waals surface area contributed by atoms with E-state index in [1.165, 1.54) is 19.2 Å². The number of nitrogens with zero attached hydrogens (tertiary/aromatic N) is 2. The molecule has 0 radical (unpaired) electrons. The predicted octanol–water partition coefficient (Wildman–Crippen LogP) is 5.20. The number of rotatable bonds is 12. The monoisotopic (exact) mass is 544 g/mol. The molecule has 212 valence electrons. The van der Waals surface area contributed by atoms with Crippen LogP contribution in [-0.4, -0.2) is 73.2 Å². The number of ether oxygens (including phenoxy) is 4. The van der Waals surface area contributed by atoms with Crippen LogP contribution in [0.2, 0.25) is 0 Å². The number of hydrogen-bond acceptors (Lipinski definition) is 7. The number of carboxylic acid groups (broad SMARTS) is 1. The summed E-state index contributed by atoms with van der Waals surface area (Å²) in [5.74, 6) is 0.195. The summed E-state index contributed by atoms with van der Waals surface area (Å²) in [6, 6.07) is 9.27. The summed E-state index contributed by atoms with van der Waals surface area (Å²) in [5.41, 5.74) is 1.29. The zero-order chi connectivity index (χ0) is 27.9. The topological polar surface area (TPSA) is 97.8 Å². The number of likely N-dealkylation sites (tertiary alicyclic amines) is 1. The fourth-order valence-electron chi connectivity index (χ4n) is 5.36. The van der Waals surface area contributed by atoms with Gasteiger partial charge in [0.1, 0.15) is 6.10 Å². The molecule has 9 nitrogen and oxygen atoms in total. The molecule has 1 saturated heterocycles. The Morgan fingerprint density at radius 1 is 1.05 bits per heavy atom. The van der Waals surface area contributed by atoms with E-state index in [1.54, 1.807) is 12.1 Å². The summed E-state index contributed by atoms with van der Waals surface area (Å²) in [7, 11) is 1.38. The van der Waals surface area contributed by atoms with Crippen LogP contribution in [0, 0.1) is 5.82 Å². The lowest BCUT2D eigenvalue weighted by Crippen LogP contribution is -2.42. The Labute approximate surface area is 228 Å². The third-order valence-electron chi connectivity index (χ3n) is 7.37. The normalized spacial score (nSPS) is 20.2. The first-order valence-electron chi connectivity index (χ1n) is 13.5. The van der Waals surface area contributed by atoms with Gasteiger partial charge in [0, 0.05) is 25.6 Å². The van der Waals surface area contributed by atoms with Crippen molar-refractivity contribution in [1.29, 1.82) is 0 Å². The lowest BCUT2D eigenvalue weighted by Gasteiger charge is -2.30. The van der Waals surface area contributed by atoms with Crippen molar-refractivity contribution >= 4 is 12.1 Å². The van der Waals surface area contributed by atoms with E-state index >= 15 is 0 Å². The first-order chi connectivity index (χ1) is 18.9. The summed E-state index contributed by atoms with van der Waals surface area (Å²) in [6.07, 6.45) is 1.39. The molecular formula is C29H37FN2O7. The summed E-state index contributed by atoms with van der Waals surface area (Å²) in [5, 5.41) is 9.69. The second kappa shape index (κ2) is 13.0. The van der Waals surface area contributed by atoms with Crippen molar-refractivity contribution in [2.45, 2.75) is 57.6 Å². The van der Waals surface area contributed by atoms with Crippen LogP contribution < -0.4 is 14.2 Å². The summed E-state index contributed by atoms with van der Waals surface area (Å²) in [6.45, 7) is 5.97. The van der Waals surface area contributed by atoms with Gasteiger partial charge in [-0.2, -0.15) is 0 Å². The summed E-state index contributed by atoms with van der Waals surface area (Å²) >= 11 is 0. The zero-order valence-corrected chi connectivity index (χ0v) is 22.7. The molecule has 2 heterocycles. The van der Waals surface area contributed by atoms with E-state index in [1.807, 2.05) is 21.9 Å². The van der Waals surface area contributed by atoms with Gasteiger partial charge < -0.3 is 29.0 Å². The van der Waals surface area contributed by atoms with Crippen LogP contribution in [0.15, 0.2) is 36.4 Å². The third-order valence-corrected chi connectivity index (χ3v) is 7.37. The SMILES string of the molecule is CCCCN(CCCC)C(=O)CN1C[C@H](c2ccc3c(c2)OCO3)[C@H](OC(=O)O)[C@H]1c1ccc(OC)c(F)c1. The number of unbranched alkanes of at least 4 members (excludes halogenated alkanes) is 2. The molecule has 0 unspecified atom stereocenters. The van der Waals surface area contributed by atoms with Crippen LogP contribution in [0.5, 0.6) is 17.2 Å². The van der Waals surface area contributed by atoms with E-state index in [4.69, 9.17) is 18.9 Å². The lowest BCUT2D eigenvalue weighted by molar-refractivity contribution is -0.133. The number of benzene rings is 2. The van der Waals surface area contributed by atoms with Crippen molar-refractivity contribution in [1.82, 2.24) is 9.80 Å². The van der Waals surface area contributed by atoms with Crippen molar-refractivity contribution in [2.75, 3.05) is 40.1 Å². The Bertz CT molecular complexity index is 1150. The van der Waals surface area contributed by atoms with Crippen LogP contribution >= 0.6 is 0 Å². The van der Waals surface area contributed by atoms with E-state index in [9.17, 15) is 19.1 Å². The van der Waals surface area contributed by atoms with Crippen LogP contribution in [0.25, 0.3) is 0 Å². The van der Waals surface area contributed by atoms with E-state index < -0.39 is 30.0 Å². The Balaban J connectivity index is 1.71. The van der Waals surface area contributed by atoms with Gasteiger partial charge in [0.05, 0.1) is 19.7 Å². The molecule has 0 bridgehead atoms. The first kappa shape index (κ1) is 28.5. The smallest absolute Gasteiger partial charge is 0.494 e. The molecule has 0 aliphatic carbocycles. The molecule has 2 aromatic carbocycles. The van der Waals surface area contributed by atoms with Crippen molar-refractivity contribution in [2.24, 2.45) is 0 Å². The summed E-state index contributed by atoms with van der Waals surface area (Å²) < 4.78 is 36.4. The molecule has 4 rings (SSSR count). The molecule has 0 aromatic heterocycles. The molecular weight excluding hydrogens is 507 g/mol. The molecule has 1 N–H and O–H groups in total. The van der Waals surface area contributed by atoms with Gasteiger partial charge in [-0.15, -0.1) is 0 Å².